The van der Waals surface area contributed by atoms with Crippen LogP contribution in [0.25, 0.3) is 0 Å². The second kappa shape index (κ2) is 10.7. The molecular formula is C34H45N3O6. The second-order valence-electron chi connectivity index (χ2n) is 14.0. The molecule has 0 saturated heterocycles. The molecule has 0 spiro atoms. The summed E-state index contributed by atoms with van der Waals surface area (Å²) in [7, 11) is 0. The van der Waals surface area contributed by atoms with Crippen molar-refractivity contribution in [2.24, 2.45) is 39.7 Å². The number of Topliss-reactive ketones (excluding diaryl/α,β-unsaturated/α-hetero) is 1. The molecule has 1 aromatic carbocycles. The third-order valence-corrected chi connectivity index (χ3v) is 11.5. The zero-order valence-corrected chi connectivity index (χ0v) is 25.9. The zero-order valence-electron chi connectivity index (χ0n) is 25.9. The molecule has 3 saturated carbocycles. The number of hydrogen-bond acceptors (Lipinski definition) is 7. The van der Waals surface area contributed by atoms with Crippen LogP contribution in [0.5, 0.6) is 0 Å². The minimum atomic E-state index is -0.887. The van der Waals surface area contributed by atoms with E-state index in [1.807, 2.05) is 34.6 Å². The van der Waals surface area contributed by atoms with E-state index in [0.717, 1.165) is 16.9 Å². The highest BCUT2D eigenvalue weighted by atomic mass is 16.6. The van der Waals surface area contributed by atoms with Gasteiger partial charge in [-0.15, -0.1) is 6.58 Å². The molecule has 9 heteroatoms. The van der Waals surface area contributed by atoms with Crippen LogP contribution in [0.15, 0.2) is 43.0 Å². The summed E-state index contributed by atoms with van der Waals surface area (Å²) in [6.45, 7) is 17.9. The van der Waals surface area contributed by atoms with Crippen molar-refractivity contribution in [2.75, 3.05) is 5.32 Å². The molecule has 5 rings (SSSR count). The van der Waals surface area contributed by atoms with Gasteiger partial charge >= 0.3 is 6.09 Å². The van der Waals surface area contributed by atoms with Gasteiger partial charge in [-0.25, -0.2) is 9.69 Å². The van der Waals surface area contributed by atoms with Gasteiger partial charge in [0.15, 0.2) is 0 Å². The summed E-state index contributed by atoms with van der Waals surface area (Å²) in [6.07, 6.45) is 1.91. The number of benzene rings is 1. The first-order valence-electron chi connectivity index (χ1n) is 15.4. The molecule has 3 fully saturated rings. The molecule has 43 heavy (non-hydrogen) atoms. The number of amides is 3. The largest absolute Gasteiger partial charge is 0.445 e. The summed E-state index contributed by atoms with van der Waals surface area (Å²) in [6, 6.07) is 4.20. The SMILES string of the molecule is C=C[C@]1(C)C[C@@H](OC(=O)N2Cc3c(NC(=O)C(N)C(C)C)cccc3C2=O)[C@]2(C)C(=C)CC[C@]3(CCC(=O)C32)[C@@H](C)C1O. The summed E-state index contributed by atoms with van der Waals surface area (Å²) < 4.78 is 6.28. The Bertz CT molecular complexity index is 1400. The first kappa shape index (κ1) is 31.1. The number of hydrogen-bond donors (Lipinski definition) is 3. The molecule has 232 valence electrons. The average molecular weight is 592 g/mol. The number of carbonyl (C=O) groups is 4. The molecular weight excluding hydrogens is 546 g/mol. The summed E-state index contributed by atoms with van der Waals surface area (Å²) in [4.78, 5) is 54.8. The number of carbonyl (C=O) groups excluding carboxylic acids is 4. The number of nitrogens with zero attached hydrogens (tertiary/aromatic N) is 1. The number of fused-ring (bicyclic) bond motifs is 1. The molecule has 4 aliphatic rings. The lowest BCUT2D eigenvalue weighted by Gasteiger charge is -2.60. The maximum absolute atomic E-state index is 13.9. The number of ether oxygens (including phenoxy) is 1. The van der Waals surface area contributed by atoms with Crippen molar-refractivity contribution in [2.45, 2.75) is 91.5 Å². The van der Waals surface area contributed by atoms with Gasteiger partial charge < -0.3 is 20.9 Å². The normalized spacial score (nSPS) is 36.0. The monoisotopic (exact) mass is 591 g/mol. The van der Waals surface area contributed by atoms with Crippen molar-refractivity contribution >= 4 is 29.4 Å². The highest BCUT2D eigenvalue weighted by Gasteiger charge is 2.67. The minimum absolute atomic E-state index is 0.0854. The minimum Gasteiger partial charge on any atom is -0.445 e. The van der Waals surface area contributed by atoms with Crippen molar-refractivity contribution in [3.63, 3.8) is 0 Å². The Morgan fingerprint density at radius 1 is 1.21 bits per heavy atom. The first-order chi connectivity index (χ1) is 20.1. The number of ketones is 1. The van der Waals surface area contributed by atoms with Crippen LogP contribution in [0.4, 0.5) is 10.5 Å². The van der Waals surface area contributed by atoms with Crippen molar-refractivity contribution in [1.82, 2.24) is 4.90 Å². The third-order valence-electron chi connectivity index (χ3n) is 11.5. The Labute approximate surface area is 253 Å². The van der Waals surface area contributed by atoms with E-state index in [4.69, 9.17) is 10.5 Å². The molecule has 8 atom stereocenters. The van der Waals surface area contributed by atoms with E-state index in [1.54, 1.807) is 24.3 Å². The average Bonchev–Trinajstić information content (AvgIpc) is 3.51. The van der Waals surface area contributed by atoms with E-state index in [2.05, 4.69) is 18.5 Å². The smallest absolute Gasteiger partial charge is 0.417 e. The van der Waals surface area contributed by atoms with Gasteiger partial charge in [-0.3, -0.25) is 14.4 Å². The molecule has 3 aliphatic carbocycles. The van der Waals surface area contributed by atoms with Gasteiger partial charge in [-0.1, -0.05) is 58.9 Å². The van der Waals surface area contributed by atoms with Crippen molar-refractivity contribution in [3.8, 4) is 0 Å². The van der Waals surface area contributed by atoms with Crippen LogP contribution in [0.1, 0.15) is 82.6 Å². The number of nitrogens with two attached hydrogens (primary N) is 1. The van der Waals surface area contributed by atoms with E-state index in [9.17, 15) is 24.3 Å². The lowest BCUT2D eigenvalue weighted by molar-refractivity contribution is -0.163. The number of anilines is 1. The lowest BCUT2D eigenvalue weighted by Crippen LogP contribution is -2.61. The maximum atomic E-state index is 13.9. The highest BCUT2D eigenvalue weighted by Crippen LogP contribution is 2.67. The molecule has 1 aliphatic heterocycles. The fourth-order valence-corrected chi connectivity index (χ4v) is 8.44. The van der Waals surface area contributed by atoms with Crippen LogP contribution in [-0.2, 0) is 20.9 Å². The second-order valence-corrected chi connectivity index (χ2v) is 14.0. The molecule has 4 N–H and O–H groups in total. The van der Waals surface area contributed by atoms with E-state index < -0.39 is 52.4 Å². The van der Waals surface area contributed by atoms with Crippen molar-refractivity contribution < 1.29 is 29.0 Å². The van der Waals surface area contributed by atoms with Crippen molar-refractivity contribution in [1.29, 1.82) is 0 Å². The van der Waals surface area contributed by atoms with Crippen LogP contribution < -0.4 is 11.1 Å². The zero-order chi connectivity index (χ0) is 31.6. The van der Waals surface area contributed by atoms with Gasteiger partial charge in [0, 0.05) is 40.0 Å². The van der Waals surface area contributed by atoms with Crippen LogP contribution in [0.2, 0.25) is 0 Å². The van der Waals surface area contributed by atoms with E-state index in [0.29, 0.717) is 36.1 Å². The molecule has 3 amide bonds. The van der Waals surface area contributed by atoms with Crippen molar-refractivity contribution in [3.05, 3.63) is 54.1 Å². The summed E-state index contributed by atoms with van der Waals surface area (Å²) in [5.41, 5.74) is 5.93. The summed E-state index contributed by atoms with van der Waals surface area (Å²) in [5.74, 6) is -1.53. The Morgan fingerprint density at radius 3 is 2.53 bits per heavy atom. The quantitative estimate of drug-likeness (QED) is 0.410. The lowest BCUT2D eigenvalue weighted by atomic mass is 9.45. The predicted octanol–water partition coefficient (Wildman–Crippen LogP) is 4.98. The maximum Gasteiger partial charge on any atom is 0.417 e. The van der Waals surface area contributed by atoms with Gasteiger partial charge in [-0.05, 0) is 55.1 Å². The third kappa shape index (κ3) is 4.58. The molecule has 0 radical (unpaired) electrons. The van der Waals surface area contributed by atoms with Gasteiger partial charge in [0.05, 0.1) is 18.7 Å². The van der Waals surface area contributed by atoms with E-state index >= 15 is 0 Å². The van der Waals surface area contributed by atoms with Gasteiger partial charge in [0.2, 0.25) is 5.91 Å². The number of aliphatic hydroxyl groups is 1. The standard InChI is InChI=1S/C34H45N3O6/c1-8-32(6)16-25(33(7)19(4)12-14-34(20(5)28(32)39)15-13-24(38)27(33)34)43-31(42)37-17-22-21(30(37)41)10-9-11-23(22)36-29(40)26(35)18(2)3/h8-11,18,20,25-28,39H,1,4,12-17,35H2,2-3,5-7H3,(H,36,40)/t20-,25+,26?,27?,28?,32+,33-,34-/m0/s1. The number of imide groups is 1. The van der Waals surface area contributed by atoms with Gasteiger partial charge in [0.1, 0.15) is 11.9 Å². The number of rotatable bonds is 5. The van der Waals surface area contributed by atoms with Crippen LogP contribution in [0, 0.1) is 34.0 Å². The Hall–Kier alpha value is -3.30. The molecule has 1 heterocycles. The predicted molar refractivity (Wildman–Crippen MR) is 163 cm³/mol. The Balaban J connectivity index is 1.48. The first-order valence-corrected chi connectivity index (χ1v) is 15.4. The van der Waals surface area contributed by atoms with Crippen LogP contribution in [-0.4, -0.2) is 51.9 Å². The fraction of sp³-hybridized carbons (Fsp3) is 0.588. The molecule has 0 aromatic heterocycles. The fourth-order valence-electron chi connectivity index (χ4n) is 8.44. The summed E-state index contributed by atoms with van der Waals surface area (Å²) in [5, 5.41) is 14.6. The van der Waals surface area contributed by atoms with E-state index in [-0.39, 0.29) is 36.5 Å². The number of nitrogens with one attached hydrogen (secondary N) is 1. The van der Waals surface area contributed by atoms with Gasteiger partial charge in [-0.2, -0.15) is 0 Å². The number of aliphatic hydroxyl groups excluding tert-OH is 1. The topological polar surface area (TPSA) is 139 Å². The Kier molecular flexibility index (Phi) is 7.75. The van der Waals surface area contributed by atoms with E-state index in [1.165, 1.54) is 0 Å². The van der Waals surface area contributed by atoms with Crippen LogP contribution in [0.3, 0.4) is 0 Å². The Morgan fingerprint density at radius 2 is 1.88 bits per heavy atom. The molecule has 9 nitrogen and oxygen atoms in total. The molecule has 2 bridgehead atoms. The van der Waals surface area contributed by atoms with Crippen LogP contribution >= 0.6 is 0 Å². The highest BCUT2D eigenvalue weighted by molar-refractivity contribution is 6.08. The summed E-state index contributed by atoms with van der Waals surface area (Å²) >= 11 is 0. The van der Waals surface area contributed by atoms with Gasteiger partial charge in [0.25, 0.3) is 5.91 Å². The molecule has 1 aromatic rings. The molecule has 3 unspecified atom stereocenters.